The molecule has 0 atom stereocenters. The average molecular weight is 229 g/mol. The van der Waals surface area contributed by atoms with Gasteiger partial charge in [0.1, 0.15) is 6.07 Å². The van der Waals surface area contributed by atoms with E-state index in [0.717, 1.165) is 22.4 Å². The number of hydrogen-bond donors (Lipinski definition) is 0. The molecule has 0 aliphatic rings. The number of carbonyl (C=O) groups excluding carboxylic acids is 1. The van der Waals surface area contributed by atoms with Crippen LogP contribution < -0.4 is 0 Å². The molecule has 5 heteroatoms. The van der Waals surface area contributed by atoms with Crippen molar-refractivity contribution in [3.05, 3.63) is 34.7 Å². The van der Waals surface area contributed by atoms with Crippen molar-refractivity contribution in [2.75, 3.05) is 0 Å². The average Bonchev–Trinajstić information content (AvgIpc) is 2.70. The molecule has 16 heavy (non-hydrogen) atoms. The van der Waals surface area contributed by atoms with Crippen LogP contribution in [0.3, 0.4) is 0 Å². The standard InChI is InChI=1S/C11H7N3OS/c1-7-11(16-10(4-12)14-7)9-2-3-13-5-8(9)6-15/h2-3,5-6H,1H3. The van der Waals surface area contributed by atoms with E-state index in [4.69, 9.17) is 5.26 Å². The Balaban J connectivity index is 2.63. The summed E-state index contributed by atoms with van der Waals surface area (Å²) in [4.78, 5) is 19.7. The minimum absolute atomic E-state index is 0.404. The molecule has 2 aromatic rings. The van der Waals surface area contributed by atoms with Gasteiger partial charge in [0, 0.05) is 23.5 Å². The van der Waals surface area contributed by atoms with Gasteiger partial charge in [0.05, 0.1) is 10.6 Å². The molecule has 0 amide bonds. The quantitative estimate of drug-likeness (QED) is 0.740. The first-order valence-corrected chi connectivity index (χ1v) is 5.35. The summed E-state index contributed by atoms with van der Waals surface area (Å²) >= 11 is 1.28. The Hall–Kier alpha value is -2.06. The summed E-state index contributed by atoms with van der Waals surface area (Å²) in [7, 11) is 0. The Morgan fingerprint density at radius 3 is 3.00 bits per heavy atom. The fraction of sp³-hybridized carbons (Fsp3) is 0.0909. The van der Waals surface area contributed by atoms with Crippen LogP contribution in [0.15, 0.2) is 18.5 Å². The lowest BCUT2D eigenvalue weighted by atomic mass is 10.1. The molecule has 0 saturated carbocycles. The maximum absolute atomic E-state index is 10.9. The van der Waals surface area contributed by atoms with Crippen molar-refractivity contribution in [2.24, 2.45) is 0 Å². The number of nitriles is 1. The van der Waals surface area contributed by atoms with Crippen LogP contribution in [0.25, 0.3) is 10.4 Å². The van der Waals surface area contributed by atoms with E-state index in [2.05, 4.69) is 9.97 Å². The zero-order valence-corrected chi connectivity index (χ0v) is 9.28. The third kappa shape index (κ3) is 1.71. The van der Waals surface area contributed by atoms with Gasteiger partial charge in [-0.2, -0.15) is 5.26 Å². The normalized spacial score (nSPS) is 9.75. The van der Waals surface area contributed by atoms with Gasteiger partial charge in [-0.15, -0.1) is 11.3 Å². The second kappa shape index (κ2) is 4.21. The number of nitrogens with zero attached hydrogens (tertiary/aromatic N) is 3. The van der Waals surface area contributed by atoms with E-state index in [1.165, 1.54) is 17.5 Å². The molecule has 0 spiro atoms. The van der Waals surface area contributed by atoms with Crippen LogP contribution in [0.2, 0.25) is 0 Å². The SMILES string of the molecule is Cc1nc(C#N)sc1-c1ccncc1C=O. The molecule has 4 nitrogen and oxygen atoms in total. The first-order chi connectivity index (χ1) is 7.76. The van der Waals surface area contributed by atoms with E-state index in [1.807, 2.05) is 13.0 Å². The maximum atomic E-state index is 10.9. The summed E-state index contributed by atoms with van der Waals surface area (Å²) in [6.45, 7) is 1.82. The molecular weight excluding hydrogens is 222 g/mol. The van der Waals surface area contributed by atoms with Gasteiger partial charge in [-0.05, 0) is 13.0 Å². The topological polar surface area (TPSA) is 66.6 Å². The highest BCUT2D eigenvalue weighted by Crippen LogP contribution is 2.31. The van der Waals surface area contributed by atoms with Gasteiger partial charge in [-0.3, -0.25) is 9.78 Å². The minimum atomic E-state index is 0.404. The number of carbonyl (C=O) groups is 1. The van der Waals surface area contributed by atoms with Crippen molar-refractivity contribution >= 4 is 17.6 Å². The van der Waals surface area contributed by atoms with E-state index in [0.29, 0.717) is 10.6 Å². The van der Waals surface area contributed by atoms with Crippen molar-refractivity contribution < 1.29 is 4.79 Å². The number of rotatable bonds is 2. The fourth-order valence-electron chi connectivity index (χ4n) is 1.40. The van der Waals surface area contributed by atoms with Crippen molar-refractivity contribution in [1.82, 2.24) is 9.97 Å². The molecule has 0 bridgehead atoms. The van der Waals surface area contributed by atoms with Crippen molar-refractivity contribution in [3.63, 3.8) is 0 Å². The highest BCUT2D eigenvalue weighted by Gasteiger charge is 2.12. The number of pyridine rings is 1. The number of aromatic nitrogens is 2. The molecule has 0 fully saturated rings. The van der Waals surface area contributed by atoms with Gasteiger partial charge < -0.3 is 0 Å². The number of hydrogen-bond acceptors (Lipinski definition) is 5. The summed E-state index contributed by atoms with van der Waals surface area (Å²) in [6.07, 6.45) is 3.88. The number of aldehydes is 1. The molecule has 2 heterocycles. The Morgan fingerprint density at radius 2 is 2.38 bits per heavy atom. The molecule has 2 aromatic heterocycles. The van der Waals surface area contributed by atoms with Gasteiger partial charge in [0.15, 0.2) is 11.3 Å². The molecule has 0 aliphatic heterocycles. The Morgan fingerprint density at radius 1 is 1.56 bits per heavy atom. The van der Waals surface area contributed by atoms with E-state index in [-0.39, 0.29) is 0 Å². The van der Waals surface area contributed by atoms with Gasteiger partial charge in [0.2, 0.25) is 0 Å². The summed E-state index contributed by atoms with van der Waals surface area (Å²) in [6, 6.07) is 3.75. The smallest absolute Gasteiger partial charge is 0.195 e. The highest BCUT2D eigenvalue weighted by molar-refractivity contribution is 7.15. The Kier molecular flexibility index (Phi) is 2.75. The van der Waals surface area contributed by atoms with Crippen molar-refractivity contribution in [3.8, 4) is 16.5 Å². The lowest BCUT2D eigenvalue weighted by molar-refractivity contribution is 0.112. The lowest BCUT2D eigenvalue weighted by Crippen LogP contribution is -1.88. The first kappa shape index (κ1) is 10.5. The fourth-order valence-corrected chi connectivity index (χ4v) is 2.31. The minimum Gasteiger partial charge on any atom is -0.298 e. The van der Waals surface area contributed by atoms with Crippen molar-refractivity contribution in [1.29, 1.82) is 5.26 Å². The van der Waals surface area contributed by atoms with Crippen LogP contribution in [0.1, 0.15) is 21.1 Å². The third-order valence-corrected chi connectivity index (χ3v) is 3.21. The summed E-state index contributed by atoms with van der Waals surface area (Å²) in [5.41, 5.74) is 2.05. The molecular formula is C11H7N3OS. The largest absolute Gasteiger partial charge is 0.298 e. The van der Waals surface area contributed by atoms with Crippen LogP contribution in [0.5, 0.6) is 0 Å². The molecule has 0 aliphatic carbocycles. The Bertz CT molecular complexity index is 583. The zero-order chi connectivity index (χ0) is 11.5. The van der Waals surface area contributed by atoms with Crippen molar-refractivity contribution in [2.45, 2.75) is 6.92 Å². The first-order valence-electron chi connectivity index (χ1n) is 4.53. The Labute approximate surface area is 96.2 Å². The summed E-state index contributed by atoms with van der Waals surface area (Å²) in [5.74, 6) is 0. The van der Waals surface area contributed by atoms with Gasteiger partial charge in [-0.25, -0.2) is 4.98 Å². The van der Waals surface area contributed by atoms with Gasteiger partial charge >= 0.3 is 0 Å². The monoisotopic (exact) mass is 229 g/mol. The third-order valence-electron chi connectivity index (χ3n) is 2.12. The van der Waals surface area contributed by atoms with E-state index in [9.17, 15) is 4.79 Å². The highest BCUT2D eigenvalue weighted by atomic mass is 32.1. The van der Waals surface area contributed by atoms with E-state index >= 15 is 0 Å². The molecule has 0 aromatic carbocycles. The zero-order valence-electron chi connectivity index (χ0n) is 8.47. The molecule has 0 unspecified atom stereocenters. The predicted molar refractivity (Wildman–Crippen MR) is 60.2 cm³/mol. The lowest BCUT2D eigenvalue weighted by Gasteiger charge is -2.00. The van der Waals surface area contributed by atoms with Crippen LogP contribution in [-0.4, -0.2) is 16.3 Å². The van der Waals surface area contributed by atoms with Crippen LogP contribution in [0.4, 0.5) is 0 Å². The predicted octanol–water partition coefficient (Wildman–Crippen LogP) is 2.20. The van der Waals surface area contributed by atoms with Crippen LogP contribution in [-0.2, 0) is 0 Å². The van der Waals surface area contributed by atoms with E-state index in [1.54, 1.807) is 12.3 Å². The van der Waals surface area contributed by atoms with E-state index < -0.39 is 0 Å². The van der Waals surface area contributed by atoms with Gasteiger partial charge in [-0.1, -0.05) is 0 Å². The molecule has 78 valence electrons. The number of thiazole rings is 1. The maximum Gasteiger partial charge on any atom is 0.195 e. The second-order valence-corrected chi connectivity index (χ2v) is 4.13. The molecule has 0 saturated heterocycles. The van der Waals surface area contributed by atoms with Crippen LogP contribution in [0, 0.1) is 18.3 Å². The summed E-state index contributed by atoms with van der Waals surface area (Å²) < 4.78 is 0. The second-order valence-electron chi connectivity index (χ2n) is 3.13. The molecule has 0 radical (unpaired) electrons. The number of aryl methyl sites for hydroxylation is 1. The summed E-state index contributed by atoms with van der Waals surface area (Å²) in [5, 5.41) is 9.17. The molecule has 0 N–H and O–H groups in total. The van der Waals surface area contributed by atoms with Gasteiger partial charge in [0.25, 0.3) is 0 Å². The van der Waals surface area contributed by atoms with Crippen LogP contribution >= 0.6 is 11.3 Å². The molecule has 2 rings (SSSR count).